The summed E-state index contributed by atoms with van der Waals surface area (Å²) < 4.78 is 9.39. The summed E-state index contributed by atoms with van der Waals surface area (Å²) >= 11 is 1.70. The van der Waals surface area contributed by atoms with Crippen LogP contribution in [0.15, 0.2) is 49.2 Å². The molecule has 0 aromatic carbocycles. The molecule has 0 radical (unpaired) electrons. The van der Waals surface area contributed by atoms with Crippen molar-refractivity contribution in [3.05, 3.63) is 54.7 Å². The third-order valence-corrected chi connectivity index (χ3v) is 7.20. The number of nitrogens with one attached hydrogen (secondary N) is 1. The van der Waals surface area contributed by atoms with Gasteiger partial charge in [0.15, 0.2) is 0 Å². The van der Waals surface area contributed by atoms with E-state index in [1.165, 1.54) is 0 Å². The van der Waals surface area contributed by atoms with E-state index in [2.05, 4.69) is 69.2 Å². The molecule has 0 saturated carbocycles. The number of nitriles is 1. The van der Waals surface area contributed by atoms with Gasteiger partial charge in [-0.15, -0.1) is 0 Å². The minimum absolute atomic E-state index is 0.0832. The van der Waals surface area contributed by atoms with Crippen molar-refractivity contribution in [3.8, 4) is 28.3 Å². The predicted octanol–water partition coefficient (Wildman–Crippen LogP) is 3.74. The molecule has 180 valence electrons. The number of hydrogen-bond acceptors (Lipinski definition) is 8. The van der Waals surface area contributed by atoms with Gasteiger partial charge in [-0.1, -0.05) is 0 Å². The molecule has 1 aliphatic heterocycles. The van der Waals surface area contributed by atoms with Crippen molar-refractivity contribution in [1.29, 1.82) is 5.26 Å². The SMILES string of the molecule is Cn1cc(-c2cc(-c3ccc(N4CCN(SNC(C)(C)C)CC4)nc3)c3c(C#N)cnn3c2)cn1. The van der Waals surface area contributed by atoms with Crippen LogP contribution in [-0.2, 0) is 7.05 Å². The molecular weight excluding hydrogens is 458 g/mol. The molecular formula is C25H29N9S. The van der Waals surface area contributed by atoms with Crippen LogP contribution in [-0.4, -0.2) is 60.4 Å². The number of aromatic nitrogens is 5. The average Bonchev–Trinajstić information content (AvgIpc) is 3.48. The van der Waals surface area contributed by atoms with Crippen molar-refractivity contribution >= 4 is 23.5 Å². The highest BCUT2D eigenvalue weighted by Crippen LogP contribution is 2.32. The van der Waals surface area contributed by atoms with Crippen LogP contribution >= 0.6 is 12.1 Å². The number of nitrogens with zero attached hydrogens (tertiary/aromatic N) is 8. The zero-order valence-corrected chi connectivity index (χ0v) is 21.2. The van der Waals surface area contributed by atoms with Crippen LogP contribution in [0.4, 0.5) is 5.82 Å². The first-order valence-corrected chi connectivity index (χ1v) is 12.4. The minimum Gasteiger partial charge on any atom is -0.354 e. The lowest BCUT2D eigenvalue weighted by molar-refractivity contribution is 0.416. The molecule has 0 bridgehead atoms. The third-order valence-electron chi connectivity index (χ3n) is 5.87. The Kier molecular flexibility index (Phi) is 6.23. The van der Waals surface area contributed by atoms with Crippen molar-refractivity contribution in [1.82, 2.24) is 33.4 Å². The maximum absolute atomic E-state index is 9.65. The molecule has 4 aromatic heterocycles. The first-order chi connectivity index (χ1) is 16.8. The Balaban J connectivity index is 1.39. The molecule has 9 nitrogen and oxygen atoms in total. The molecule has 0 unspecified atom stereocenters. The Morgan fingerprint density at radius 1 is 0.971 bits per heavy atom. The molecule has 0 aliphatic carbocycles. The topological polar surface area (TPSA) is 90.3 Å². The zero-order chi connectivity index (χ0) is 24.6. The number of aryl methyl sites for hydroxylation is 1. The summed E-state index contributed by atoms with van der Waals surface area (Å²) in [5.74, 6) is 0.968. The fraction of sp³-hybridized carbons (Fsp3) is 0.360. The average molecular weight is 488 g/mol. The van der Waals surface area contributed by atoms with Crippen LogP contribution < -0.4 is 9.62 Å². The second-order valence-corrected chi connectivity index (χ2v) is 10.7. The van der Waals surface area contributed by atoms with Crippen LogP contribution in [0.25, 0.3) is 27.8 Å². The summed E-state index contributed by atoms with van der Waals surface area (Å²) in [5, 5.41) is 18.4. The summed E-state index contributed by atoms with van der Waals surface area (Å²) in [6.07, 6.45) is 9.24. The molecule has 0 spiro atoms. The monoisotopic (exact) mass is 487 g/mol. The molecule has 0 amide bonds. The number of hydrogen-bond donors (Lipinski definition) is 1. The molecule has 1 saturated heterocycles. The number of pyridine rings is 2. The van der Waals surface area contributed by atoms with Gasteiger partial charge in [0.05, 0.1) is 23.5 Å². The lowest BCUT2D eigenvalue weighted by Crippen LogP contribution is -2.46. The predicted molar refractivity (Wildman–Crippen MR) is 140 cm³/mol. The molecule has 5 rings (SSSR count). The van der Waals surface area contributed by atoms with E-state index in [0.29, 0.717) is 5.56 Å². The van der Waals surface area contributed by atoms with Crippen molar-refractivity contribution < 1.29 is 0 Å². The van der Waals surface area contributed by atoms with Gasteiger partial charge in [-0.25, -0.2) is 18.5 Å². The number of fused-ring (bicyclic) bond motifs is 1. The summed E-state index contributed by atoms with van der Waals surface area (Å²) in [5.41, 5.74) is 5.26. The quantitative estimate of drug-likeness (QED) is 0.426. The maximum atomic E-state index is 9.65. The van der Waals surface area contributed by atoms with E-state index in [1.54, 1.807) is 27.5 Å². The second kappa shape index (κ2) is 9.34. The Morgan fingerprint density at radius 3 is 2.40 bits per heavy atom. The molecule has 4 aromatic rings. The third kappa shape index (κ3) is 5.03. The lowest BCUT2D eigenvalue weighted by Gasteiger charge is -2.35. The fourth-order valence-electron chi connectivity index (χ4n) is 4.09. The standard InChI is InChI=1S/C25H29N9S/c1-25(2,3)30-35-33-9-7-32(8-10-33)23-6-5-18(13-27-23)22-11-19(21-15-28-31(4)16-21)17-34-24(22)20(12-26)14-29-34/h5-6,11,13-17,30H,7-10H2,1-4H3. The van der Waals surface area contributed by atoms with Crippen LogP contribution in [0.2, 0.25) is 0 Å². The van der Waals surface area contributed by atoms with Crippen molar-refractivity contribution in [3.63, 3.8) is 0 Å². The van der Waals surface area contributed by atoms with Gasteiger partial charge in [-0.3, -0.25) is 4.68 Å². The summed E-state index contributed by atoms with van der Waals surface area (Å²) in [7, 11) is 1.90. The van der Waals surface area contributed by atoms with E-state index >= 15 is 0 Å². The van der Waals surface area contributed by atoms with E-state index in [4.69, 9.17) is 4.98 Å². The highest BCUT2D eigenvalue weighted by atomic mass is 32.2. The van der Waals surface area contributed by atoms with Gasteiger partial charge in [0.25, 0.3) is 0 Å². The molecule has 10 heteroatoms. The molecule has 1 aliphatic rings. The van der Waals surface area contributed by atoms with Crippen LogP contribution in [0.3, 0.4) is 0 Å². The molecule has 1 N–H and O–H groups in total. The van der Waals surface area contributed by atoms with Crippen LogP contribution in [0.1, 0.15) is 26.3 Å². The van der Waals surface area contributed by atoms with Crippen molar-refractivity contribution in [2.75, 3.05) is 31.1 Å². The van der Waals surface area contributed by atoms with Gasteiger partial charge >= 0.3 is 0 Å². The van der Waals surface area contributed by atoms with Gasteiger partial charge in [-0.2, -0.15) is 15.5 Å². The lowest BCUT2D eigenvalue weighted by atomic mass is 10.0. The number of piperazine rings is 1. The summed E-state index contributed by atoms with van der Waals surface area (Å²) in [6.45, 7) is 10.3. The van der Waals surface area contributed by atoms with Gasteiger partial charge in [0, 0.05) is 91.7 Å². The Bertz CT molecular complexity index is 1370. The van der Waals surface area contributed by atoms with Gasteiger partial charge in [-0.05, 0) is 39.0 Å². The highest BCUT2D eigenvalue weighted by Gasteiger charge is 2.21. The molecule has 0 atom stereocenters. The van der Waals surface area contributed by atoms with E-state index in [0.717, 1.165) is 59.8 Å². The van der Waals surface area contributed by atoms with Gasteiger partial charge in [0.1, 0.15) is 11.9 Å². The van der Waals surface area contributed by atoms with Crippen molar-refractivity contribution in [2.45, 2.75) is 26.3 Å². The first-order valence-electron chi connectivity index (χ1n) is 11.6. The molecule has 5 heterocycles. The number of anilines is 1. The fourth-order valence-corrected chi connectivity index (χ4v) is 4.84. The highest BCUT2D eigenvalue weighted by molar-refractivity contribution is 7.95. The first kappa shape index (κ1) is 23.4. The van der Waals surface area contributed by atoms with Gasteiger partial charge in [0.2, 0.25) is 0 Å². The van der Waals surface area contributed by atoms with E-state index in [9.17, 15) is 5.26 Å². The van der Waals surface area contributed by atoms with Gasteiger partial charge < -0.3 is 4.90 Å². The summed E-state index contributed by atoms with van der Waals surface area (Å²) in [4.78, 5) is 7.12. The van der Waals surface area contributed by atoms with E-state index in [1.807, 2.05) is 31.8 Å². The molecule has 1 fully saturated rings. The Hall–Kier alpha value is -3.39. The second-order valence-electron chi connectivity index (χ2n) is 9.77. The Morgan fingerprint density at radius 2 is 1.77 bits per heavy atom. The Labute approximate surface area is 209 Å². The normalized spacial score (nSPS) is 15.0. The summed E-state index contributed by atoms with van der Waals surface area (Å²) in [6, 6.07) is 8.51. The van der Waals surface area contributed by atoms with Crippen LogP contribution in [0, 0.1) is 11.3 Å². The maximum Gasteiger partial charge on any atom is 0.128 e. The van der Waals surface area contributed by atoms with Crippen LogP contribution in [0.5, 0.6) is 0 Å². The van der Waals surface area contributed by atoms with Crippen molar-refractivity contribution in [2.24, 2.45) is 7.05 Å². The zero-order valence-electron chi connectivity index (χ0n) is 20.4. The largest absolute Gasteiger partial charge is 0.354 e. The number of rotatable bonds is 5. The van der Waals surface area contributed by atoms with E-state index < -0.39 is 0 Å². The smallest absolute Gasteiger partial charge is 0.128 e. The minimum atomic E-state index is 0.0832. The van der Waals surface area contributed by atoms with E-state index in [-0.39, 0.29) is 5.54 Å². The molecule has 35 heavy (non-hydrogen) atoms.